The normalized spacial score (nSPS) is 10.5. The third-order valence-electron chi connectivity index (χ3n) is 1.72. The van der Waals surface area contributed by atoms with Crippen molar-refractivity contribution in [3.8, 4) is 0 Å². The van der Waals surface area contributed by atoms with E-state index in [0.717, 1.165) is 4.79 Å². The van der Waals surface area contributed by atoms with Crippen LogP contribution in [0, 0.1) is 10.1 Å². The molecule has 0 radical (unpaired) electrons. The number of aromatic nitrogens is 2. The van der Waals surface area contributed by atoms with Crippen LogP contribution in [0.2, 0.25) is 0 Å². The minimum atomic E-state index is -0.451. The molecule has 2 rings (SSSR count). The highest BCUT2D eigenvalue weighted by Gasteiger charge is 2.07. The SMILES string of the molecule is Nn1cc2cc([N+](=O)[O-])ccc2n1. The molecule has 1 aromatic heterocycles. The topological polar surface area (TPSA) is 87.0 Å². The van der Waals surface area contributed by atoms with Crippen LogP contribution in [0.5, 0.6) is 0 Å². The largest absolute Gasteiger partial charge is 0.323 e. The third kappa shape index (κ3) is 1.18. The summed E-state index contributed by atoms with van der Waals surface area (Å²) in [7, 11) is 0. The van der Waals surface area contributed by atoms with E-state index in [4.69, 9.17) is 5.84 Å². The minimum absolute atomic E-state index is 0.0421. The molecule has 0 saturated carbocycles. The molecule has 0 amide bonds. The van der Waals surface area contributed by atoms with Crippen molar-refractivity contribution < 1.29 is 4.92 Å². The first-order chi connectivity index (χ1) is 6.16. The zero-order valence-electron chi connectivity index (χ0n) is 6.54. The van der Waals surface area contributed by atoms with E-state index in [1.54, 1.807) is 6.07 Å². The van der Waals surface area contributed by atoms with Crippen LogP contribution in [-0.4, -0.2) is 14.8 Å². The van der Waals surface area contributed by atoms with E-state index in [1.807, 2.05) is 0 Å². The van der Waals surface area contributed by atoms with E-state index < -0.39 is 4.92 Å². The van der Waals surface area contributed by atoms with Crippen molar-refractivity contribution in [1.29, 1.82) is 0 Å². The first-order valence-corrected chi connectivity index (χ1v) is 3.56. The van der Waals surface area contributed by atoms with Crippen LogP contribution < -0.4 is 5.84 Å². The van der Waals surface area contributed by atoms with E-state index in [2.05, 4.69) is 5.10 Å². The fraction of sp³-hybridized carbons (Fsp3) is 0. The number of rotatable bonds is 1. The van der Waals surface area contributed by atoms with Gasteiger partial charge < -0.3 is 5.84 Å². The van der Waals surface area contributed by atoms with Crippen LogP contribution in [0.1, 0.15) is 0 Å². The first-order valence-electron chi connectivity index (χ1n) is 3.56. The van der Waals surface area contributed by atoms with E-state index >= 15 is 0 Å². The molecule has 2 aromatic rings. The summed E-state index contributed by atoms with van der Waals surface area (Å²) in [4.78, 5) is 11.1. The Morgan fingerprint density at radius 1 is 1.54 bits per heavy atom. The Balaban J connectivity index is 2.67. The van der Waals surface area contributed by atoms with Gasteiger partial charge in [-0.25, -0.2) is 0 Å². The number of hydrogen-bond donors (Lipinski definition) is 1. The average Bonchev–Trinajstić information content (AvgIpc) is 2.42. The Morgan fingerprint density at radius 2 is 2.31 bits per heavy atom. The number of hydrogen-bond acceptors (Lipinski definition) is 4. The summed E-state index contributed by atoms with van der Waals surface area (Å²) in [5.74, 6) is 5.35. The molecule has 6 nitrogen and oxygen atoms in total. The molecule has 1 heterocycles. The summed E-state index contributed by atoms with van der Waals surface area (Å²) in [6, 6.07) is 4.40. The van der Waals surface area contributed by atoms with E-state index in [-0.39, 0.29) is 5.69 Å². The standard InChI is InChI=1S/C7H6N4O2/c8-10-4-5-3-6(11(12)13)1-2-7(5)9-10/h1-4H,8H2. The van der Waals surface area contributed by atoms with Crippen LogP contribution >= 0.6 is 0 Å². The monoisotopic (exact) mass is 178 g/mol. The second-order valence-corrected chi connectivity index (χ2v) is 2.61. The number of nitrogen functional groups attached to an aromatic ring is 1. The van der Waals surface area contributed by atoms with E-state index in [0.29, 0.717) is 10.9 Å². The average molecular weight is 178 g/mol. The number of benzene rings is 1. The maximum atomic E-state index is 10.4. The van der Waals surface area contributed by atoms with Gasteiger partial charge >= 0.3 is 0 Å². The molecule has 0 aliphatic carbocycles. The summed E-state index contributed by atoms with van der Waals surface area (Å²) >= 11 is 0. The highest BCUT2D eigenvalue weighted by molar-refractivity contribution is 5.80. The van der Waals surface area contributed by atoms with Gasteiger partial charge in [-0.2, -0.15) is 9.89 Å². The molecule has 2 N–H and O–H groups in total. The zero-order chi connectivity index (χ0) is 9.42. The molecule has 0 fully saturated rings. The lowest BCUT2D eigenvalue weighted by Gasteiger charge is -1.88. The Kier molecular flexibility index (Phi) is 1.42. The molecular formula is C7H6N4O2. The van der Waals surface area contributed by atoms with Crippen molar-refractivity contribution in [1.82, 2.24) is 9.89 Å². The molecule has 0 atom stereocenters. The quantitative estimate of drug-likeness (QED) is 0.394. The number of nitrogens with two attached hydrogens (primary N) is 1. The summed E-state index contributed by atoms with van der Waals surface area (Å²) < 4.78 is 0. The summed E-state index contributed by atoms with van der Waals surface area (Å²) in [6.45, 7) is 0. The van der Waals surface area contributed by atoms with Gasteiger partial charge in [-0.1, -0.05) is 0 Å². The minimum Gasteiger partial charge on any atom is -0.323 e. The van der Waals surface area contributed by atoms with Crippen molar-refractivity contribution in [3.05, 3.63) is 34.5 Å². The zero-order valence-corrected chi connectivity index (χ0v) is 6.54. The van der Waals surface area contributed by atoms with Crippen LogP contribution in [0.15, 0.2) is 24.4 Å². The van der Waals surface area contributed by atoms with Crippen LogP contribution in [0.25, 0.3) is 10.9 Å². The Bertz CT molecular complexity index is 476. The van der Waals surface area contributed by atoms with Crippen LogP contribution in [-0.2, 0) is 0 Å². The van der Waals surface area contributed by atoms with Crippen molar-refractivity contribution in [2.45, 2.75) is 0 Å². The van der Waals surface area contributed by atoms with Crippen molar-refractivity contribution in [3.63, 3.8) is 0 Å². The number of fused-ring (bicyclic) bond motifs is 1. The van der Waals surface area contributed by atoms with E-state index in [1.165, 1.54) is 18.3 Å². The molecule has 0 aliphatic rings. The Labute approximate surface area is 72.7 Å². The van der Waals surface area contributed by atoms with Gasteiger partial charge in [-0.05, 0) is 6.07 Å². The predicted molar refractivity (Wildman–Crippen MR) is 46.5 cm³/mol. The van der Waals surface area contributed by atoms with E-state index in [9.17, 15) is 10.1 Å². The highest BCUT2D eigenvalue weighted by atomic mass is 16.6. The van der Waals surface area contributed by atoms with Gasteiger partial charge in [0.15, 0.2) is 0 Å². The van der Waals surface area contributed by atoms with Crippen LogP contribution in [0.4, 0.5) is 5.69 Å². The van der Waals surface area contributed by atoms with Gasteiger partial charge in [0.1, 0.15) is 0 Å². The summed E-state index contributed by atoms with van der Waals surface area (Å²) in [5.41, 5.74) is 0.689. The maximum Gasteiger partial charge on any atom is 0.270 e. The lowest BCUT2D eigenvalue weighted by molar-refractivity contribution is -0.384. The lowest BCUT2D eigenvalue weighted by Crippen LogP contribution is -2.07. The van der Waals surface area contributed by atoms with Gasteiger partial charge in [0, 0.05) is 17.5 Å². The molecule has 13 heavy (non-hydrogen) atoms. The Morgan fingerprint density at radius 3 is 3.00 bits per heavy atom. The number of nitro groups is 1. The third-order valence-corrected chi connectivity index (χ3v) is 1.72. The number of non-ortho nitro benzene ring substituents is 1. The number of nitrogens with zero attached hydrogens (tertiary/aromatic N) is 3. The van der Waals surface area contributed by atoms with Gasteiger partial charge in [0.2, 0.25) is 0 Å². The molecule has 6 heteroatoms. The fourth-order valence-corrected chi connectivity index (χ4v) is 1.15. The second kappa shape index (κ2) is 2.44. The highest BCUT2D eigenvalue weighted by Crippen LogP contribution is 2.18. The predicted octanol–water partition coefficient (Wildman–Crippen LogP) is 0.658. The molecule has 0 spiro atoms. The van der Waals surface area contributed by atoms with Gasteiger partial charge in [-0.3, -0.25) is 10.1 Å². The van der Waals surface area contributed by atoms with Crippen molar-refractivity contribution in [2.24, 2.45) is 0 Å². The number of nitro benzene ring substituents is 1. The summed E-state index contributed by atoms with van der Waals surface area (Å²) in [5, 5.41) is 14.9. The smallest absolute Gasteiger partial charge is 0.270 e. The second-order valence-electron chi connectivity index (χ2n) is 2.61. The van der Waals surface area contributed by atoms with Gasteiger partial charge in [0.05, 0.1) is 16.6 Å². The van der Waals surface area contributed by atoms with Crippen molar-refractivity contribution >= 4 is 16.6 Å². The summed E-state index contributed by atoms with van der Waals surface area (Å²) in [6.07, 6.45) is 1.53. The molecule has 0 bridgehead atoms. The Hall–Kier alpha value is -2.11. The molecule has 0 aliphatic heterocycles. The molecule has 0 saturated heterocycles. The first kappa shape index (κ1) is 7.53. The molecular weight excluding hydrogens is 172 g/mol. The van der Waals surface area contributed by atoms with Gasteiger partial charge in [0.25, 0.3) is 5.69 Å². The lowest BCUT2D eigenvalue weighted by atomic mass is 10.2. The molecule has 66 valence electrons. The molecule has 1 aromatic carbocycles. The molecule has 0 unspecified atom stereocenters. The van der Waals surface area contributed by atoms with Gasteiger partial charge in [-0.15, -0.1) is 0 Å². The van der Waals surface area contributed by atoms with Crippen LogP contribution in [0.3, 0.4) is 0 Å². The van der Waals surface area contributed by atoms with Crippen molar-refractivity contribution in [2.75, 3.05) is 5.84 Å². The fourth-order valence-electron chi connectivity index (χ4n) is 1.15. The maximum absolute atomic E-state index is 10.4.